The summed E-state index contributed by atoms with van der Waals surface area (Å²) < 4.78 is 59.7. The van der Waals surface area contributed by atoms with Crippen LogP contribution in [0.1, 0.15) is 11.1 Å². The molecule has 3 nitrogen and oxygen atoms in total. The molecular formula is C9H11ClF3NO2S. The first kappa shape index (κ1) is 16.2. The van der Waals surface area contributed by atoms with Crippen molar-refractivity contribution >= 4 is 22.2 Å². The third-order valence-electron chi connectivity index (χ3n) is 1.96. The lowest BCUT2D eigenvalue weighted by Crippen LogP contribution is -2.10. The molecule has 0 spiro atoms. The third-order valence-corrected chi connectivity index (χ3v) is 3.05. The molecule has 0 radical (unpaired) electrons. The van der Waals surface area contributed by atoms with Gasteiger partial charge in [-0.3, -0.25) is 0 Å². The summed E-state index contributed by atoms with van der Waals surface area (Å²) in [5.41, 5.74) is 4.34. The Morgan fingerprint density at radius 2 is 1.76 bits per heavy atom. The smallest absolute Gasteiger partial charge is 0.326 e. The number of hydrogen-bond donors (Lipinski definition) is 1. The van der Waals surface area contributed by atoms with Gasteiger partial charge in [-0.15, -0.1) is 12.4 Å². The molecule has 0 atom stereocenters. The molecule has 0 unspecified atom stereocenters. The van der Waals surface area contributed by atoms with Crippen molar-refractivity contribution in [1.82, 2.24) is 0 Å². The van der Waals surface area contributed by atoms with Crippen LogP contribution in [0.4, 0.5) is 13.2 Å². The van der Waals surface area contributed by atoms with Crippen molar-refractivity contribution in [3.8, 4) is 0 Å². The van der Waals surface area contributed by atoms with E-state index in [0.717, 1.165) is 18.4 Å². The van der Waals surface area contributed by atoms with Crippen LogP contribution in [0.2, 0.25) is 0 Å². The highest BCUT2D eigenvalue weighted by molar-refractivity contribution is 7.90. The highest BCUT2D eigenvalue weighted by atomic mass is 35.5. The molecule has 2 N–H and O–H groups in total. The van der Waals surface area contributed by atoms with Gasteiger partial charge in [0.2, 0.25) is 0 Å². The van der Waals surface area contributed by atoms with Gasteiger partial charge in [-0.1, -0.05) is 0 Å². The molecule has 0 aliphatic rings. The Labute approximate surface area is 103 Å². The lowest BCUT2D eigenvalue weighted by Gasteiger charge is -2.10. The molecule has 0 fully saturated rings. The Balaban J connectivity index is 0.00000256. The average Bonchev–Trinajstić information content (AvgIpc) is 2.14. The maximum Gasteiger partial charge on any atom is 0.416 e. The second-order valence-electron chi connectivity index (χ2n) is 3.34. The van der Waals surface area contributed by atoms with Gasteiger partial charge in [-0.05, 0) is 23.8 Å². The molecule has 1 aromatic rings. The maximum atomic E-state index is 12.4. The Bertz CT molecular complexity index is 499. The summed E-state index contributed by atoms with van der Waals surface area (Å²) in [5, 5.41) is 0. The molecule has 1 aromatic carbocycles. The van der Waals surface area contributed by atoms with Crippen LogP contribution in [0.5, 0.6) is 0 Å². The van der Waals surface area contributed by atoms with Crippen LogP contribution in [0.25, 0.3) is 0 Å². The van der Waals surface area contributed by atoms with Crippen LogP contribution < -0.4 is 5.73 Å². The molecule has 8 heteroatoms. The van der Waals surface area contributed by atoms with E-state index < -0.39 is 21.6 Å². The number of benzene rings is 1. The van der Waals surface area contributed by atoms with Crippen LogP contribution in [0.3, 0.4) is 0 Å². The van der Waals surface area contributed by atoms with E-state index in [9.17, 15) is 21.6 Å². The Morgan fingerprint density at radius 1 is 1.24 bits per heavy atom. The topological polar surface area (TPSA) is 60.2 Å². The maximum absolute atomic E-state index is 12.4. The van der Waals surface area contributed by atoms with Crippen LogP contribution >= 0.6 is 12.4 Å². The van der Waals surface area contributed by atoms with Crippen molar-refractivity contribution in [2.75, 3.05) is 6.26 Å². The number of halogens is 4. The average molecular weight is 290 g/mol. The van der Waals surface area contributed by atoms with E-state index in [-0.39, 0.29) is 29.4 Å². The Morgan fingerprint density at radius 3 is 2.12 bits per heavy atom. The normalized spacial score (nSPS) is 12.1. The highest BCUT2D eigenvalue weighted by Gasteiger charge is 2.31. The number of sulfone groups is 1. The van der Waals surface area contributed by atoms with Crippen molar-refractivity contribution in [2.45, 2.75) is 17.6 Å². The molecule has 0 amide bonds. The van der Waals surface area contributed by atoms with Gasteiger partial charge in [0.05, 0.1) is 10.5 Å². The minimum Gasteiger partial charge on any atom is -0.326 e. The summed E-state index contributed by atoms with van der Waals surface area (Å²) in [7, 11) is -3.67. The Hall–Kier alpha value is -0.790. The first-order valence-corrected chi connectivity index (χ1v) is 6.15. The Kier molecular flexibility index (Phi) is 5.00. The second kappa shape index (κ2) is 5.24. The van der Waals surface area contributed by atoms with E-state index in [1.807, 2.05) is 0 Å². The monoisotopic (exact) mass is 289 g/mol. The van der Waals surface area contributed by atoms with Crippen LogP contribution in [-0.4, -0.2) is 14.7 Å². The van der Waals surface area contributed by atoms with Gasteiger partial charge in [0.15, 0.2) is 9.84 Å². The van der Waals surface area contributed by atoms with Crippen molar-refractivity contribution in [3.05, 3.63) is 29.3 Å². The van der Waals surface area contributed by atoms with E-state index in [0.29, 0.717) is 6.07 Å². The van der Waals surface area contributed by atoms with Crippen molar-refractivity contribution in [1.29, 1.82) is 0 Å². The van der Waals surface area contributed by atoms with E-state index in [4.69, 9.17) is 5.73 Å². The first-order chi connectivity index (χ1) is 7.14. The van der Waals surface area contributed by atoms with Crippen LogP contribution in [0.15, 0.2) is 23.1 Å². The summed E-state index contributed by atoms with van der Waals surface area (Å²) >= 11 is 0. The van der Waals surface area contributed by atoms with Gasteiger partial charge < -0.3 is 5.73 Å². The number of nitrogens with two attached hydrogens (primary N) is 1. The van der Waals surface area contributed by atoms with Gasteiger partial charge in [0.1, 0.15) is 0 Å². The minimum absolute atomic E-state index is 0. The third kappa shape index (κ3) is 4.18. The molecule has 98 valence electrons. The number of alkyl halides is 3. The summed E-state index contributed by atoms with van der Waals surface area (Å²) in [4.78, 5) is -0.372. The molecule has 0 bridgehead atoms. The van der Waals surface area contributed by atoms with Gasteiger partial charge >= 0.3 is 6.18 Å². The zero-order valence-corrected chi connectivity index (χ0v) is 10.4. The molecule has 1 rings (SSSR count). The molecule has 0 aromatic heterocycles. The molecular weight excluding hydrogens is 279 g/mol. The zero-order valence-electron chi connectivity index (χ0n) is 8.78. The fourth-order valence-electron chi connectivity index (χ4n) is 1.16. The van der Waals surface area contributed by atoms with E-state index in [1.165, 1.54) is 0 Å². The van der Waals surface area contributed by atoms with Gasteiger partial charge in [0.25, 0.3) is 0 Å². The summed E-state index contributed by atoms with van der Waals surface area (Å²) in [6, 6.07) is 2.59. The van der Waals surface area contributed by atoms with Gasteiger partial charge in [0, 0.05) is 12.8 Å². The molecule has 0 heterocycles. The van der Waals surface area contributed by atoms with Gasteiger partial charge in [-0.25, -0.2) is 8.42 Å². The lowest BCUT2D eigenvalue weighted by molar-refractivity contribution is -0.137. The SMILES string of the molecule is CS(=O)(=O)c1cc(CN)cc(C(F)(F)F)c1.Cl. The number of hydrogen-bond acceptors (Lipinski definition) is 3. The van der Waals surface area contributed by atoms with Crippen molar-refractivity contribution in [3.63, 3.8) is 0 Å². The fraction of sp³-hybridized carbons (Fsp3) is 0.333. The van der Waals surface area contributed by atoms with Gasteiger partial charge in [-0.2, -0.15) is 13.2 Å². The largest absolute Gasteiger partial charge is 0.416 e. The van der Waals surface area contributed by atoms with Crippen molar-refractivity contribution < 1.29 is 21.6 Å². The van der Waals surface area contributed by atoms with E-state index in [1.54, 1.807) is 0 Å². The van der Waals surface area contributed by atoms with Crippen LogP contribution in [-0.2, 0) is 22.6 Å². The number of rotatable bonds is 2. The molecule has 0 aliphatic carbocycles. The predicted octanol–water partition coefficient (Wildman–Crippen LogP) is 1.99. The summed E-state index contributed by atoms with van der Waals surface area (Å²) in [6.45, 7) is -0.146. The molecule has 0 aliphatic heterocycles. The fourth-order valence-corrected chi connectivity index (χ4v) is 1.86. The lowest BCUT2D eigenvalue weighted by atomic mass is 10.1. The predicted molar refractivity (Wildman–Crippen MR) is 59.7 cm³/mol. The molecule has 17 heavy (non-hydrogen) atoms. The van der Waals surface area contributed by atoms with E-state index >= 15 is 0 Å². The molecule has 0 saturated heterocycles. The highest BCUT2D eigenvalue weighted by Crippen LogP contribution is 2.31. The van der Waals surface area contributed by atoms with Crippen molar-refractivity contribution in [2.24, 2.45) is 5.73 Å². The van der Waals surface area contributed by atoms with E-state index in [2.05, 4.69) is 0 Å². The quantitative estimate of drug-likeness (QED) is 0.906. The summed E-state index contributed by atoms with van der Waals surface area (Å²) in [6.07, 6.45) is -3.73. The molecule has 0 saturated carbocycles. The minimum atomic E-state index is -4.58. The first-order valence-electron chi connectivity index (χ1n) is 4.26. The second-order valence-corrected chi connectivity index (χ2v) is 5.36. The van der Waals surface area contributed by atoms with Crippen LogP contribution in [0, 0.1) is 0 Å². The zero-order chi connectivity index (χ0) is 12.6. The standard InChI is InChI=1S/C9H10F3NO2S.ClH/c1-16(14,15)8-3-6(5-13)2-7(4-8)9(10,11)12;/h2-4H,5,13H2,1H3;1H. The summed E-state index contributed by atoms with van der Waals surface area (Å²) in [5.74, 6) is 0.